The molecular formula is C12H16O2S. The number of carbonyl (C=O) groups is 1. The van der Waals surface area contributed by atoms with Gasteiger partial charge in [-0.3, -0.25) is 4.79 Å². The average molecular weight is 224 g/mol. The Labute approximate surface area is 94.1 Å². The Morgan fingerprint density at radius 3 is 2.13 bits per heavy atom. The lowest BCUT2D eigenvalue weighted by atomic mass is 9.54. The number of carbonyl (C=O) groups excluding carboxylic acids is 1. The van der Waals surface area contributed by atoms with Crippen LogP contribution in [-0.4, -0.2) is 16.7 Å². The van der Waals surface area contributed by atoms with Crippen molar-refractivity contribution in [2.45, 2.75) is 37.0 Å². The zero-order valence-electron chi connectivity index (χ0n) is 8.78. The Hall–Kier alpha value is -0.180. The number of ether oxygens (including phenoxy) is 1. The van der Waals surface area contributed by atoms with Crippen molar-refractivity contribution >= 4 is 17.7 Å². The van der Waals surface area contributed by atoms with Crippen LogP contribution in [0.1, 0.15) is 32.1 Å². The van der Waals surface area contributed by atoms with Gasteiger partial charge in [-0.05, 0) is 43.9 Å². The minimum Gasteiger partial charge on any atom is -0.447 e. The van der Waals surface area contributed by atoms with Gasteiger partial charge in [-0.2, -0.15) is 0 Å². The van der Waals surface area contributed by atoms with Gasteiger partial charge in [0.2, 0.25) is 0 Å². The average Bonchev–Trinajstić information content (AvgIpc) is 2.57. The molecule has 1 aliphatic heterocycles. The molecule has 1 heterocycles. The van der Waals surface area contributed by atoms with E-state index in [9.17, 15) is 4.79 Å². The molecule has 0 radical (unpaired) electrons. The van der Waals surface area contributed by atoms with Crippen molar-refractivity contribution in [3.05, 3.63) is 0 Å². The molecule has 0 aromatic rings. The van der Waals surface area contributed by atoms with E-state index in [-0.39, 0.29) is 10.9 Å². The van der Waals surface area contributed by atoms with Crippen molar-refractivity contribution in [3.63, 3.8) is 0 Å². The van der Waals surface area contributed by atoms with Crippen LogP contribution in [0.4, 0.5) is 0 Å². The quantitative estimate of drug-likeness (QED) is 0.591. The molecule has 0 aromatic carbocycles. The minimum atomic E-state index is -0.0650. The Bertz CT molecular complexity index is 298. The summed E-state index contributed by atoms with van der Waals surface area (Å²) in [6, 6.07) is 0. The predicted octanol–water partition coefficient (Wildman–Crippen LogP) is 2.43. The molecule has 82 valence electrons. The lowest BCUT2D eigenvalue weighted by molar-refractivity contribution is -0.172. The Morgan fingerprint density at radius 1 is 1.07 bits per heavy atom. The van der Waals surface area contributed by atoms with E-state index in [1.807, 2.05) is 11.8 Å². The van der Waals surface area contributed by atoms with E-state index in [1.165, 1.54) is 32.1 Å². The van der Waals surface area contributed by atoms with Crippen LogP contribution < -0.4 is 0 Å². The van der Waals surface area contributed by atoms with E-state index < -0.39 is 0 Å². The zero-order valence-corrected chi connectivity index (χ0v) is 9.59. The number of hydrogen-bond donors (Lipinski definition) is 0. The largest absolute Gasteiger partial charge is 0.447 e. The second-order valence-corrected chi connectivity index (χ2v) is 7.00. The molecule has 0 amide bonds. The van der Waals surface area contributed by atoms with Gasteiger partial charge < -0.3 is 4.74 Å². The first-order chi connectivity index (χ1) is 7.26. The summed E-state index contributed by atoms with van der Waals surface area (Å²) in [4.78, 5) is 11.3. The molecule has 4 aliphatic carbocycles. The van der Waals surface area contributed by atoms with E-state index in [4.69, 9.17) is 4.74 Å². The molecule has 15 heavy (non-hydrogen) atoms. The fourth-order valence-corrected chi connectivity index (χ4v) is 6.06. The molecule has 0 atom stereocenters. The summed E-state index contributed by atoms with van der Waals surface area (Å²) < 4.78 is 5.75. The van der Waals surface area contributed by atoms with Crippen LogP contribution in [-0.2, 0) is 9.53 Å². The second-order valence-electron chi connectivity index (χ2n) is 5.79. The highest BCUT2D eigenvalue weighted by Gasteiger charge is 2.62. The van der Waals surface area contributed by atoms with Crippen molar-refractivity contribution in [2.75, 3.05) is 5.75 Å². The summed E-state index contributed by atoms with van der Waals surface area (Å²) in [5, 5.41) is 0. The molecule has 3 heteroatoms. The minimum absolute atomic E-state index is 0.0347. The molecule has 2 nitrogen and oxygen atoms in total. The maximum atomic E-state index is 11.4. The summed E-state index contributed by atoms with van der Waals surface area (Å²) in [5.41, 5.74) is 0. The Balaban J connectivity index is 1.73. The lowest BCUT2D eigenvalue weighted by Crippen LogP contribution is -2.55. The Kier molecular flexibility index (Phi) is 1.63. The van der Waals surface area contributed by atoms with Gasteiger partial charge in [-0.25, -0.2) is 0 Å². The molecule has 1 spiro atoms. The molecule has 4 bridgehead atoms. The van der Waals surface area contributed by atoms with Gasteiger partial charge in [-0.1, -0.05) is 0 Å². The fourth-order valence-electron chi connectivity index (χ4n) is 4.65. The highest BCUT2D eigenvalue weighted by Crippen LogP contribution is 2.64. The van der Waals surface area contributed by atoms with Gasteiger partial charge in [0.1, 0.15) is 0 Å². The monoisotopic (exact) mass is 224 g/mol. The molecule has 0 aromatic heterocycles. The van der Waals surface area contributed by atoms with E-state index >= 15 is 0 Å². The van der Waals surface area contributed by atoms with Crippen LogP contribution in [0, 0.1) is 23.7 Å². The summed E-state index contributed by atoms with van der Waals surface area (Å²) in [6.07, 6.45) is 6.77. The third-order valence-corrected chi connectivity index (χ3v) is 6.55. The molecular weight excluding hydrogens is 208 g/mol. The molecule has 0 N–H and O–H groups in total. The first-order valence-electron chi connectivity index (χ1n) is 6.12. The van der Waals surface area contributed by atoms with Crippen LogP contribution in [0.2, 0.25) is 0 Å². The normalized spacial score (nSPS) is 56.4. The first kappa shape index (κ1) is 8.91. The molecule has 1 saturated heterocycles. The molecule has 4 saturated carbocycles. The maximum absolute atomic E-state index is 11.4. The van der Waals surface area contributed by atoms with Gasteiger partial charge in [0.05, 0.1) is 5.75 Å². The van der Waals surface area contributed by atoms with Gasteiger partial charge >= 0.3 is 5.97 Å². The van der Waals surface area contributed by atoms with Crippen molar-refractivity contribution in [3.8, 4) is 0 Å². The van der Waals surface area contributed by atoms with Crippen molar-refractivity contribution in [1.29, 1.82) is 0 Å². The smallest absolute Gasteiger partial charge is 0.317 e. The van der Waals surface area contributed by atoms with Crippen molar-refractivity contribution in [2.24, 2.45) is 23.7 Å². The maximum Gasteiger partial charge on any atom is 0.317 e. The topological polar surface area (TPSA) is 26.3 Å². The van der Waals surface area contributed by atoms with Crippen LogP contribution in [0.3, 0.4) is 0 Å². The molecule has 5 fully saturated rings. The second kappa shape index (κ2) is 2.73. The molecule has 5 rings (SSSR count). The van der Waals surface area contributed by atoms with E-state index in [2.05, 4.69) is 0 Å². The number of esters is 1. The Morgan fingerprint density at radius 2 is 1.67 bits per heavy atom. The lowest BCUT2D eigenvalue weighted by Gasteiger charge is -2.58. The zero-order chi connectivity index (χ0) is 10.0. The van der Waals surface area contributed by atoms with E-state index in [0.717, 1.165) is 11.8 Å². The summed E-state index contributed by atoms with van der Waals surface area (Å²) in [5.74, 6) is 3.92. The van der Waals surface area contributed by atoms with Gasteiger partial charge in [-0.15, -0.1) is 11.8 Å². The van der Waals surface area contributed by atoms with Crippen LogP contribution in [0.15, 0.2) is 0 Å². The third kappa shape index (κ3) is 1.05. The third-order valence-electron chi connectivity index (χ3n) is 4.97. The van der Waals surface area contributed by atoms with Crippen LogP contribution >= 0.6 is 11.8 Å². The fraction of sp³-hybridized carbons (Fsp3) is 0.917. The number of rotatable bonds is 0. The van der Waals surface area contributed by atoms with Crippen molar-refractivity contribution in [1.82, 2.24) is 0 Å². The van der Waals surface area contributed by atoms with E-state index in [0.29, 0.717) is 17.6 Å². The van der Waals surface area contributed by atoms with Crippen LogP contribution in [0.5, 0.6) is 0 Å². The van der Waals surface area contributed by atoms with Gasteiger partial charge in [0.25, 0.3) is 0 Å². The predicted molar refractivity (Wildman–Crippen MR) is 58.3 cm³/mol. The highest BCUT2D eigenvalue weighted by atomic mass is 32.2. The van der Waals surface area contributed by atoms with E-state index in [1.54, 1.807) is 0 Å². The molecule has 5 aliphatic rings. The summed E-state index contributed by atoms with van der Waals surface area (Å²) >= 11 is 1.82. The summed E-state index contributed by atoms with van der Waals surface area (Å²) in [6.45, 7) is 0. The van der Waals surface area contributed by atoms with Gasteiger partial charge in [0.15, 0.2) is 4.93 Å². The number of thioether (sulfide) groups is 1. The number of hydrogen-bond acceptors (Lipinski definition) is 3. The SMILES string of the molecule is O=C1CSC2(O1)C1CC3CC(C1)CC2C3. The first-order valence-corrected chi connectivity index (χ1v) is 7.10. The van der Waals surface area contributed by atoms with Crippen LogP contribution in [0.25, 0.3) is 0 Å². The summed E-state index contributed by atoms with van der Waals surface area (Å²) in [7, 11) is 0. The highest BCUT2D eigenvalue weighted by molar-refractivity contribution is 8.01. The standard InChI is InChI=1S/C12H16O2S/c13-11-6-15-12(14-11)9-2-7-1-8(4-9)5-10(12)3-7/h7-10H,1-6H2. The molecule has 0 unspecified atom stereocenters. The van der Waals surface area contributed by atoms with Gasteiger partial charge in [0, 0.05) is 11.8 Å². The van der Waals surface area contributed by atoms with Crippen molar-refractivity contribution < 1.29 is 9.53 Å².